The number of unbranched alkanes of at least 4 members (excludes halogenated alkanes) is 3. The number of carbonyl (C=O) groups is 3. The number of aliphatic hydroxyl groups is 1. The summed E-state index contributed by atoms with van der Waals surface area (Å²) in [7, 11) is 1.61. The first-order chi connectivity index (χ1) is 17.4. The largest absolute Gasteiger partial charge is 0.396 e. The quantitative estimate of drug-likeness (QED) is 0.407. The minimum Gasteiger partial charge on any atom is -0.396 e. The average molecular weight is 515 g/mol. The van der Waals surface area contributed by atoms with E-state index in [9.17, 15) is 14.4 Å². The lowest BCUT2D eigenvalue weighted by molar-refractivity contribution is -0.140. The molecule has 10 nitrogen and oxygen atoms in total. The van der Waals surface area contributed by atoms with E-state index in [1.54, 1.807) is 28.4 Å². The number of amides is 3. The van der Waals surface area contributed by atoms with Crippen LogP contribution in [0.2, 0.25) is 0 Å². The normalized spacial score (nSPS) is 30.7. The number of hydrogen-bond acceptors (Lipinski definition) is 7. The van der Waals surface area contributed by atoms with Gasteiger partial charge in [-0.3, -0.25) is 14.4 Å². The lowest BCUT2D eigenvalue weighted by atomic mass is 9.66. The predicted molar refractivity (Wildman–Crippen MR) is 136 cm³/mol. The van der Waals surface area contributed by atoms with Crippen LogP contribution in [0.5, 0.6) is 0 Å². The van der Waals surface area contributed by atoms with Crippen molar-refractivity contribution < 1.29 is 19.5 Å². The standard InChI is InChI=1S/C25H34N6O4S/c1-24-11-12-25(36-24)19(18(24)21(33)26-2)23(35)30(13-7-3-4-8-14-32)20(25)22(34)27-15-31-17-10-6-5-9-16(17)28-29-31/h5-6,9-10,18-20,32H,3-4,7-8,11-15H2,1-2H3,(H,26,33)(H,27,34)/t18-,19+,20?,24+,25?/m1/s1. The Balaban J connectivity index is 1.41. The number of para-hydroxylation sites is 1. The monoisotopic (exact) mass is 514 g/mol. The van der Waals surface area contributed by atoms with Gasteiger partial charge in [0.2, 0.25) is 17.7 Å². The van der Waals surface area contributed by atoms with Crippen molar-refractivity contribution in [3.05, 3.63) is 24.3 Å². The molecule has 2 bridgehead atoms. The molecule has 3 aliphatic heterocycles. The van der Waals surface area contributed by atoms with Gasteiger partial charge >= 0.3 is 0 Å². The Morgan fingerprint density at radius 3 is 2.72 bits per heavy atom. The van der Waals surface area contributed by atoms with Gasteiger partial charge in [0.1, 0.15) is 18.2 Å². The van der Waals surface area contributed by atoms with E-state index in [1.165, 1.54) is 0 Å². The maximum absolute atomic E-state index is 13.9. The third-order valence-corrected chi connectivity index (χ3v) is 10.2. The van der Waals surface area contributed by atoms with E-state index in [2.05, 4.69) is 27.9 Å². The SMILES string of the molecule is CNC(=O)[C@H]1[C@H]2C(=O)N(CCCCCCO)C(C(=O)NCn3nnc4ccccc43)C23CC[C@]1(C)S3. The summed E-state index contributed by atoms with van der Waals surface area (Å²) in [5.41, 5.74) is 1.57. The Morgan fingerprint density at radius 2 is 1.94 bits per heavy atom. The molecule has 36 heavy (non-hydrogen) atoms. The predicted octanol–water partition coefficient (Wildman–Crippen LogP) is 1.28. The number of nitrogens with one attached hydrogen (secondary N) is 2. The second-order valence-corrected chi connectivity index (χ2v) is 12.2. The van der Waals surface area contributed by atoms with Crippen molar-refractivity contribution >= 4 is 40.5 Å². The van der Waals surface area contributed by atoms with Crippen LogP contribution < -0.4 is 10.6 Å². The number of thioether (sulfide) groups is 1. The van der Waals surface area contributed by atoms with Gasteiger partial charge in [-0.25, -0.2) is 4.68 Å². The van der Waals surface area contributed by atoms with Crippen LogP contribution in [0.1, 0.15) is 45.4 Å². The molecule has 1 spiro atoms. The van der Waals surface area contributed by atoms with Gasteiger partial charge in [-0.05, 0) is 44.7 Å². The van der Waals surface area contributed by atoms with E-state index >= 15 is 0 Å². The molecule has 5 atom stereocenters. The van der Waals surface area contributed by atoms with Crippen LogP contribution in [-0.4, -0.2) is 78.5 Å². The summed E-state index contributed by atoms with van der Waals surface area (Å²) >= 11 is 1.67. The number of benzene rings is 1. The Morgan fingerprint density at radius 1 is 1.17 bits per heavy atom. The third kappa shape index (κ3) is 3.87. The molecule has 11 heteroatoms. The van der Waals surface area contributed by atoms with Crippen molar-refractivity contribution in [1.29, 1.82) is 0 Å². The molecule has 2 unspecified atom stereocenters. The first-order valence-corrected chi connectivity index (χ1v) is 13.6. The Bertz CT molecular complexity index is 1170. The van der Waals surface area contributed by atoms with E-state index in [1.807, 2.05) is 24.3 Å². The molecule has 1 aromatic heterocycles. The second-order valence-electron chi connectivity index (χ2n) is 10.3. The lowest BCUT2D eigenvalue weighted by Gasteiger charge is -2.34. The van der Waals surface area contributed by atoms with Crippen LogP contribution in [0, 0.1) is 11.8 Å². The molecule has 3 fully saturated rings. The molecule has 194 valence electrons. The Labute approximate surface area is 214 Å². The molecule has 2 aromatic rings. The first-order valence-electron chi connectivity index (χ1n) is 12.8. The van der Waals surface area contributed by atoms with Crippen LogP contribution >= 0.6 is 11.8 Å². The zero-order valence-corrected chi connectivity index (χ0v) is 21.6. The van der Waals surface area contributed by atoms with Gasteiger partial charge < -0.3 is 20.6 Å². The maximum atomic E-state index is 13.9. The lowest BCUT2D eigenvalue weighted by Crippen LogP contribution is -2.54. The number of likely N-dealkylation sites (tertiary alicyclic amines) is 1. The molecule has 4 heterocycles. The molecular formula is C25H34N6O4S. The van der Waals surface area contributed by atoms with Crippen molar-refractivity contribution in [3.8, 4) is 0 Å². The molecule has 3 N–H and O–H groups in total. The number of aromatic nitrogens is 3. The van der Waals surface area contributed by atoms with Gasteiger partial charge in [0.15, 0.2) is 0 Å². The number of rotatable bonds is 10. The fourth-order valence-electron chi connectivity index (χ4n) is 6.55. The molecule has 3 amide bonds. The number of aliphatic hydroxyl groups excluding tert-OH is 1. The fourth-order valence-corrected chi connectivity index (χ4v) is 8.91. The average Bonchev–Trinajstić information content (AvgIpc) is 3.58. The van der Waals surface area contributed by atoms with E-state index in [4.69, 9.17) is 5.11 Å². The Kier molecular flexibility index (Phi) is 6.71. The number of nitrogens with zero attached hydrogens (tertiary/aromatic N) is 4. The number of hydrogen-bond donors (Lipinski definition) is 3. The van der Waals surface area contributed by atoms with Crippen molar-refractivity contribution in [1.82, 2.24) is 30.5 Å². The zero-order chi connectivity index (χ0) is 25.5. The molecule has 3 saturated heterocycles. The maximum Gasteiger partial charge on any atom is 0.245 e. The van der Waals surface area contributed by atoms with Crippen molar-refractivity contribution in [3.63, 3.8) is 0 Å². The van der Waals surface area contributed by atoms with Gasteiger partial charge in [-0.2, -0.15) is 0 Å². The summed E-state index contributed by atoms with van der Waals surface area (Å²) < 4.78 is 0.656. The van der Waals surface area contributed by atoms with Crippen LogP contribution in [0.25, 0.3) is 11.0 Å². The van der Waals surface area contributed by atoms with Crippen LogP contribution in [0.4, 0.5) is 0 Å². The smallest absolute Gasteiger partial charge is 0.245 e. The molecule has 1 aromatic carbocycles. The third-order valence-electron chi connectivity index (χ3n) is 8.18. The number of carbonyl (C=O) groups excluding carboxylic acids is 3. The second kappa shape index (κ2) is 9.66. The summed E-state index contributed by atoms with van der Waals surface area (Å²) in [5, 5.41) is 23.2. The molecule has 5 rings (SSSR count). The highest BCUT2D eigenvalue weighted by Crippen LogP contribution is 2.71. The summed E-state index contributed by atoms with van der Waals surface area (Å²) in [6.45, 7) is 2.83. The van der Waals surface area contributed by atoms with Crippen molar-refractivity contribution in [2.75, 3.05) is 20.2 Å². The molecule has 3 aliphatic rings. The van der Waals surface area contributed by atoms with Crippen LogP contribution in [-0.2, 0) is 21.1 Å². The highest BCUT2D eigenvalue weighted by atomic mass is 32.2. The minimum absolute atomic E-state index is 0.0898. The Hall–Kier alpha value is -2.66. The van der Waals surface area contributed by atoms with Crippen LogP contribution in [0.15, 0.2) is 24.3 Å². The topological polar surface area (TPSA) is 129 Å². The van der Waals surface area contributed by atoms with Gasteiger partial charge in [0, 0.05) is 24.9 Å². The van der Waals surface area contributed by atoms with Gasteiger partial charge in [0.25, 0.3) is 0 Å². The fraction of sp³-hybridized carbons (Fsp3) is 0.640. The number of fused-ring (bicyclic) bond motifs is 2. The highest BCUT2D eigenvalue weighted by molar-refractivity contribution is 8.02. The molecular weight excluding hydrogens is 480 g/mol. The zero-order valence-electron chi connectivity index (χ0n) is 20.8. The first kappa shape index (κ1) is 25.0. The van der Waals surface area contributed by atoms with Gasteiger partial charge in [0.05, 0.1) is 22.1 Å². The van der Waals surface area contributed by atoms with Crippen molar-refractivity contribution in [2.45, 2.75) is 67.7 Å². The van der Waals surface area contributed by atoms with E-state index in [0.29, 0.717) is 6.54 Å². The summed E-state index contributed by atoms with van der Waals surface area (Å²) in [5.74, 6) is -1.39. The molecule has 0 saturated carbocycles. The van der Waals surface area contributed by atoms with Crippen LogP contribution in [0.3, 0.4) is 0 Å². The minimum atomic E-state index is -0.649. The van der Waals surface area contributed by atoms with E-state index < -0.39 is 22.6 Å². The summed E-state index contributed by atoms with van der Waals surface area (Å²) in [4.78, 5) is 42.4. The highest BCUT2D eigenvalue weighted by Gasteiger charge is 2.76. The van der Waals surface area contributed by atoms with E-state index in [-0.39, 0.29) is 35.7 Å². The summed E-state index contributed by atoms with van der Waals surface area (Å²) in [6, 6.07) is 6.90. The molecule has 0 aliphatic carbocycles. The molecule has 0 radical (unpaired) electrons. The van der Waals surface area contributed by atoms with Gasteiger partial charge in [-0.1, -0.05) is 30.2 Å². The van der Waals surface area contributed by atoms with Crippen molar-refractivity contribution in [2.24, 2.45) is 11.8 Å². The van der Waals surface area contributed by atoms with E-state index in [0.717, 1.165) is 49.6 Å². The van der Waals surface area contributed by atoms with Gasteiger partial charge in [-0.15, -0.1) is 16.9 Å². The summed E-state index contributed by atoms with van der Waals surface area (Å²) in [6.07, 6.45) is 4.73.